The van der Waals surface area contributed by atoms with E-state index in [2.05, 4.69) is 58.0 Å². The lowest BCUT2D eigenvalue weighted by Gasteiger charge is -2.61. The minimum absolute atomic E-state index is 0. The SMILES string of the molecule is C.CC(=O)CCc1ccccc1.CCN1CCc2cc3c(c(OC)c2C1CC(=O)CCc1ccccc1)OCO3.CCOS(=O)(=O)[O-].CC[N+]1=Cc2c(cc3c(c2OC)OCO3)CC1.[B]B([B])B([B])B(B(B([B])[B])B([B])[B])B(B(B(B([B])[B])B([B])[B])B(B([B])[B])B([B])[B])B(B(B(B([B])[B])B([B])[B])B(B([B])[B])B([B])[B])B(B(B(B([B])[B])B([B])[B])B(B([B])[B])B([B])[B])B(B(B([B])[B])B([B])[B])B(B([B])[B])B([B])[B]. The molecular formula is C49H64B76N2O12S. The summed E-state index contributed by atoms with van der Waals surface area (Å²) in [6.45, 7) is 11.6. The van der Waals surface area contributed by atoms with Crippen molar-refractivity contribution in [2.45, 2.75) is 86.1 Å². The summed E-state index contributed by atoms with van der Waals surface area (Å²) >= 11 is 0. The van der Waals surface area contributed by atoms with Crippen molar-refractivity contribution in [3.8, 4) is 34.5 Å². The first kappa shape index (κ1) is 134. The first-order chi connectivity index (χ1) is 64.9. The number of carbonyl (C=O) groups excluding carboxylic acids is 2. The van der Waals surface area contributed by atoms with Crippen LogP contribution >= 0.6 is 0 Å². The molecule has 4 aliphatic heterocycles. The van der Waals surface area contributed by atoms with Crippen molar-refractivity contribution in [2.75, 3.05) is 60.6 Å². The van der Waals surface area contributed by atoms with E-state index in [-0.39, 0.29) is 45.2 Å². The van der Waals surface area contributed by atoms with Gasteiger partial charge in [0.1, 0.15) is 24.7 Å². The maximum absolute atomic E-state index is 12.9. The van der Waals surface area contributed by atoms with Crippen LogP contribution < -0.4 is 28.4 Å². The molecule has 8 rings (SSSR count). The first-order valence-corrected chi connectivity index (χ1v) is 47.7. The van der Waals surface area contributed by atoms with E-state index in [9.17, 15) is 22.6 Å². The molecule has 576 valence electrons. The van der Waals surface area contributed by atoms with E-state index in [1.54, 1.807) is 21.1 Å². The third-order valence-electron chi connectivity index (χ3n) is 27.0. The monoisotopic (exact) mass is 1740 g/mol. The van der Waals surface area contributed by atoms with E-state index < -0.39 is 247 Å². The van der Waals surface area contributed by atoms with Crippen LogP contribution in [-0.2, 0) is 49.9 Å². The lowest BCUT2D eigenvalue weighted by molar-refractivity contribution is -0.520. The van der Waals surface area contributed by atoms with Crippen LogP contribution in [0.15, 0.2) is 72.8 Å². The number of likely N-dealkylation sites (N-methyl/N-ethyl adjacent to an activating group) is 2. The number of methoxy groups -OCH3 is 2. The molecule has 0 spiro atoms. The predicted octanol–water partition coefficient (Wildman–Crippen LogP) is -21.2. The molecular weight excluding hydrogens is 1660 g/mol. The third kappa shape index (κ3) is 38.0. The maximum Gasteiger partial charge on any atom is 0.231 e. The summed E-state index contributed by atoms with van der Waals surface area (Å²) in [5.74, 6) is 5.01. The van der Waals surface area contributed by atoms with Crippen LogP contribution in [-0.4, -0.2) is 639 Å². The average molecular weight is 1730 g/mol. The number of ether oxygens (including phenoxy) is 6. The summed E-state index contributed by atoms with van der Waals surface area (Å²) in [5, 5.41) is 0. The molecule has 4 aliphatic rings. The summed E-state index contributed by atoms with van der Waals surface area (Å²) in [6.07, 6.45) is -53.0. The van der Waals surface area contributed by atoms with Gasteiger partial charge in [-0.2, -0.15) is 0 Å². The van der Waals surface area contributed by atoms with Gasteiger partial charge in [0.2, 0.25) is 35.5 Å². The van der Waals surface area contributed by atoms with Gasteiger partial charge in [-0.15, -0.1) is 0 Å². The normalized spacial score (nSPS) is 12.2. The summed E-state index contributed by atoms with van der Waals surface area (Å²) in [4.78, 5) is 25.9. The van der Waals surface area contributed by atoms with Crippen LogP contribution in [0.5, 0.6) is 34.5 Å². The Labute approximate surface area is 910 Å². The van der Waals surface area contributed by atoms with Crippen molar-refractivity contribution in [2.24, 2.45) is 0 Å². The Kier molecular flexibility index (Phi) is 61.5. The highest BCUT2D eigenvalue weighted by molar-refractivity contribution is 8.41. The fourth-order valence-corrected chi connectivity index (χ4v) is 21.4. The molecule has 1 unspecified atom stereocenters. The molecule has 78 radical (unpaired) electrons. The van der Waals surface area contributed by atoms with E-state index >= 15 is 0 Å². The lowest BCUT2D eigenvalue weighted by atomic mass is 8.20. The van der Waals surface area contributed by atoms with E-state index in [0.29, 0.717) is 25.0 Å². The van der Waals surface area contributed by atoms with Crippen LogP contribution in [0.3, 0.4) is 0 Å². The van der Waals surface area contributed by atoms with Crippen molar-refractivity contribution in [1.82, 2.24) is 4.90 Å². The molecule has 0 fully saturated rings. The Morgan fingerprint density at radius 3 is 0.986 bits per heavy atom. The van der Waals surface area contributed by atoms with Gasteiger partial charge in [0.25, 0.3) is 0 Å². The van der Waals surface area contributed by atoms with Crippen LogP contribution in [0.1, 0.15) is 93.8 Å². The van der Waals surface area contributed by atoms with Crippen LogP contribution in [0, 0.1) is 0 Å². The number of rotatable bonds is 50. The van der Waals surface area contributed by atoms with E-state index in [4.69, 9.17) is 330 Å². The predicted molar refractivity (Wildman–Crippen MR) is 682 cm³/mol. The topological polar surface area (TPSA) is 162 Å². The van der Waals surface area contributed by atoms with Crippen LogP contribution in [0.25, 0.3) is 0 Å². The standard InChI is InChI=1S/C23H27NO4.C13H16NO3.C10H12O.C2H6O4S.CH4.B76/c1-3-24-12-11-17-13-20-22(28-15-27-20)23(26-2)21(17)19(24)14-18(25)10-9-16-7-5-4-6-8-16;1-3-14-5-4-9-6-11-13(17-8-16-11)12(15-2)10(9)7-14;1-9(11)7-8-10-5-3-2-4-6-10;1-2-6-7(3,4)5;;1-40(2)59(39)69(60(41(3)4)42(5)6)74(70(61(43(7)8)44(9)10)62(45(11)12)46(13)14)76(73(67(55(31)32)56(33)34)68(57(35)36)58(37)38)75(71(63(47(15)16)48(17)18)64(49(19)20)50(21)22)72(65(51(23)24)52(25)26)66(53(27)28)54(29)30/h4-8,13,19H,3,9-12,14-15H2,1-2H3;6-7H,3-5,8H2,1-2H3;2-6H,7-8H2,1H3;2H2,1H3,(H,3,4,5);1H4;/q;+1;;;;/p-1. The molecule has 0 aliphatic carbocycles. The van der Waals surface area contributed by atoms with Gasteiger partial charge >= 0.3 is 0 Å². The second kappa shape index (κ2) is 64.5. The largest absolute Gasteiger partial charge is 0.726 e. The number of ketones is 2. The molecule has 14 nitrogen and oxygen atoms in total. The number of hydrogen-bond acceptors (Lipinski definition) is 13. The van der Waals surface area contributed by atoms with Crippen LogP contribution in [0.2, 0.25) is 0 Å². The third-order valence-corrected chi connectivity index (χ3v) is 27.5. The first-order valence-electron chi connectivity index (χ1n) is 46.4. The maximum atomic E-state index is 12.9. The van der Waals surface area contributed by atoms with E-state index in [1.165, 1.54) is 29.2 Å². The van der Waals surface area contributed by atoms with E-state index in [1.807, 2.05) is 48.5 Å². The number of benzene rings is 4. The van der Waals surface area contributed by atoms with Gasteiger partial charge in [-0.05, 0) is 81.0 Å². The Hall–Kier alpha value is -0.545. The molecule has 140 heavy (non-hydrogen) atoms. The zero-order chi connectivity index (χ0) is 106. The highest BCUT2D eigenvalue weighted by Gasteiger charge is 2.66. The highest BCUT2D eigenvalue weighted by Crippen LogP contribution is 2.51. The fraction of sp³-hybridized carbons (Fsp3) is 0.449. The van der Waals surface area contributed by atoms with Gasteiger partial charge in [-0.25, -0.2) is 13.0 Å². The quantitative estimate of drug-likeness (QED) is 0.0178. The van der Waals surface area contributed by atoms with Gasteiger partial charge in [0.05, 0.1) is 26.4 Å². The Balaban J connectivity index is 0.000000615. The molecule has 91 heteroatoms. The number of aryl methyl sites for hydroxylation is 2. The summed E-state index contributed by atoms with van der Waals surface area (Å²) in [7, 11) is 265. The minimum Gasteiger partial charge on any atom is -0.726 e. The second-order valence-electron chi connectivity index (χ2n) is 36.4. The van der Waals surface area contributed by atoms with Crippen LogP contribution in [0.4, 0.5) is 0 Å². The van der Waals surface area contributed by atoms with Crippen molar-refractivity contribution in [1.29, 1.82) is 0 Å². The van der Waals surface area contributed by atoms with Crippen molar-refractivity contribution in [3.05, 3.63) is 106 Å². The Morgan fingerprint density at radius 1 is 0.407 bits per heavy atom. The number of fused-ring (bicyclic) bond motifs is 4. The molecule has 4 aromatic rings. The summed E-state index contributed by atoms with van der Waals surface area (Å²) < 4.78 is 67.7. The van der Waals surface area contributed by atoms with Crippen molar-refractivity contribution >= 4 is 566 Å². The Morgan fingerprint density at radius 2 is 0.707 bits per heavy atom. The molecule has 0 saturated carbocycles. The number of Topliss-reactive ketones (excluding diaryl/α,β-unsaturated/α-hetero) is 2. The number of carbonyl (C=O) groups is 2. The molecule has 0 aromatic heterocycles. The molecule has 0 N–H and O–H groups in total. The number of nitrogens with zero attached hydrogens (tertiary/aromatic N) is 2. The summed E-state index contributed by atoms with van der Waals surface area (Å²) in [6, 6.07) is 24.4. The molecule has 4 aromatic carbocycles. The van der Waals surface area contributed by atoms with Crippen molar-refractivity contribution in [3.63, 3.8) is 0 Å². The smallest absolute Gasteiger partial charge is 0.231 e. The van der Waals surface area contributed by atoms with Gasteiger partial charge in [0, 0.05) is 582 Å². The molecule has 0 saturated heterocycles. The average Bonchev–Trinajstić information content (AvgIpc) is 0.945. The van der Waals surface area contributed by atoms with Crippen molar-refractivity contribution < 1.29 is 59.7 Å². The van der Waals surface area contributed by atoms with Gasteiger partial charge in [-0.1, -0.05) is 75.0 Å². The van der Waals surface area contributed by atoms with Gasteiger partial charge < -0.3 is 37.8 Å². The van der Waals surface area contributed by atoms with E-state index in [0.717, 1.165) is 91.7 Å². The summed E-state index contributed by atoms with van der Waals surface area (Å²) in [5.41, 5.74) is 7.14. The molecule has 1 atom stereocenters. The molecule has 0 amide bonds. The van der Waals surface area contributed by atoms with Gasteiger partial charge in [0.15, 0.2) is 29.2 Å². The highest BCUT2D eigenvalue weighted by atomic mass is 32.3. The minimum atomic E-state index is -4.42. The zero-order valence-corrected chi connectivity index (χ0v) is 81.9. The lowest BCUT2D eigenvalue weighted by Crippen LogP contribution is -2.99. The van der Waals surface area contributed by atoms with Gasteiger partial charge in [-0.3, -0.25) is 13.9 Å². The molecule has 0 bridgehead atoms. The zero-order valence-electron chi connectivity index (χ0n) is 81.1. The molecule has 4 heterocycles. The Bertz CT molecular complexity index is 4230. The second-order valence-corrected chi connectivity index (χ2v) is 37.5. The fourth-order valence-electron chi connectivity index (χ4n) is 21.2. The number of hydrogen-bond donors (Lipinski definition) is 0.